The highest BCUT2D eigenvalue weighted by atomic mass is 32.1. The van der Waals surface area contributed by atoms with Crippen LogP contribution in [-0.2, 0) is 23.7 Å². The van der Waals surface area contributed by atoms with Gasteiger partial charge in [0.15, 0.2) is 0 Å². The molecule has 1 aliphatic rings. The number of thiol groups is 1. The largest absolute Gasteiger partial charge is 0.489 e. The molecule has 3 heteroatoms. The van der Waals surface area contributed by atoms with Gasteiger partial charge in [-0.3, -0.25) is 0 Å². The minimum atomic E-state index is 0.0108. The van der Waals surface area contributed by atoms with E-state index in [1.165, 1.54) is 34.9 Å². The Morgan fingerprint density at radius 2 is 1.47 bits per heavy atom. The zero-order valence-corrected chi connectivity index (χ0v) is 22.7. The first kappa shape index (κ1) is 26.4. The quantitative estimate of drug-likeness (QED) is 0.385. The van der Waals surface area contributed by atoms with Crippen LogP contribution in [0.1, 0.15) is 75.3 Å². The van der Waals surface area contributed by atoms with E-state index in [1.807, 2.05) is 0 Å². The molecular formula is C31H41NOS. The summed E-state index contributed by atoms with van der Waals surface area (Å²) in [6.45, 7) is 13.8. The van der Waals surface area contributed by atoms with E-state index in [2.05, 4.69) is 114 Å². The van der Waals surface area contributed by atoms with Gasteiger partial charge in [0.05, 0.1) is 0 Å². The molecule has 0 bridgehead atoms. The molecule has 2 nitrogen and oxygen atoms in total. The van der Waals surface area contributed by atoms with Gasteiger partial charge in [-0.05, 0) is 52.6 Å². The van der Waals surface area contributed by atoms with Gasteiger partial charge in [0, 0.05) is 22.8 Å². The van der Waals surface area contributed by atoms with Gasteiger partial charge in [-0.1, -0.05) is 102 Å². The molecule has 2 N–H and O–H groups in total. The molecule has 3 aromatic rings. The Labute approximate surface area is 212 Å². The van der Waals surface area contributed by atoms with Crippen LogP contribution in [0.4, 0.5) is 0 Å². The van der Waals surface area contributed by atoms with Gasteiger partial charge in [0.25, 0.3) is 0 Å². The number of hydrogen-bond acceptors (Lipinski definition) is 3. The fourth-order valence-electron chi connectivity index (χ4n) is 4.71. The maximum absolute atomic E-state index is 6.95. The van der Waals surface area contributed by atoms with Gasteiger partial charge in [-0.2, -0.15) is 0 Å². The Balaban J connectivity index is 0.00000158. The summed E-state index contributed by atoms with van der Waals surface area (Å²) in [7, 11) is 1.50. The summed E-state index contributed by atoms with van der Waals surface area (Å²) in [5.74, 6) is 1.36. The van der Waals surface area contributed by atoms with Crippen LogP contribution >= 0.6 is 12.6 Å². The molecule has 0 spiro atoms. The van der Waals surface area contributed by atoms with E-state index < -0.39 is 0 Å². The Morgan fingerprint density at radius 3 is 2.06 bits per heavy atom. The number of hydrogen-bond donors (Lipinski definition) is 2. The standard InChI is InChI=1S/C30H36OS.CH5N/c1-29(2,3)22-17-21-18-24(23-14-10-11-15-27(23)32)26(16-20-12-8-7-9-13-20)31-28(21)25(19-22)30(4,5)6;1-2/h7-15,17,19,24,26,32H,16,18H2,1-6H3;2H2,1H3/t24?,26-;/m0./s1. The van der Waals surface area contributed by atoms with Crippen molar-refractivity contribution in [1.82, 2.24) is 0 Å². The van der Waals surface area contributed by atoms with Crippen LogP contribution in [0.25, 0.3) is 0 Å². The van der Waals surface area contributed by atoms with Crippen molar-refractivity contribution in [3.63, 3.8) is 0 Å². The summed E-state index contributed by atoms with van der Waals surface area (Å²) in [4.78, 5) is 1.05. The first-order chi connectivity index (χ1) is 16.0. The lowest BCUT2D eigenvalue weighted by Crippen LogP contribution is -2.35. The normalized spacial score (nSPS) is 17.8. The Kier molecular flexibility index (Phi) is 8.21. The molecule has 1 heterocycles. The summed E-state index contributed by atoms with van der Waals surface area (Å²) in [6, 6.07) is 24.0. The van der Waals surface area contributed by atoms with Crippen molar-refractivity contribution in [2.24, 2.45) is 5.73 Å². The van der Waals surface area contributed by atoms with E-state index in [-0.39, 0.29) is 22.9 Å². The molecule has 3 aromatic carbocycles. The average molecular weight is 476 g/mol. The van der Waals surface area contributed by atoms with E-state index in [0.29, 0.717) is 0 Å². The van der Waals surface area contributed by atoms with E-state index in [0.717, 1.165) is 23.5 Å². The molecule has 34 heavy (non-hydrogen) atoms. The zero-order chi connectivity index (χ0) is 25.1. The SMILES string of the molecule is CC(C)(C)c1cc2c(c(C(C)(C)C)c1)O[C@@H](Cc1ccccc1)C(c1ccccc1S)C2.CN. The fraction of sp³-hybridized carbons (Fsp3) is 0.419. The van der Waals surface area contributed by atoms with Crippen LogP contribution < -0.4 is 10.5 Å². The number of ether oxygens (including phenoxy) is 1. The van der Waals surface area contributed by atoms with Crippen molar-refractivity contribution in [2.75, 3.05) is 7.05 Å². The van der Waals surface area contributed by atoms with Gasteiger partial charge >= 0.3 is 0 Å². The fourth-order valence-corrected chi connectivity index (χ4v) is 5.04. The second kappa shape index (κ2) is 10.6. The summed E-state index contributed by atoms with van der Waals surface area (Å²) >= 11 is 4.82. The van der Waals surface area contributed by atoms with E-state index in [4.69, 9.17) is 17.4 Å². The van der Waals surface area contributed by atoms with Crippen LogP contribution in [0.5, 0.6) is 5.75 Å². The minimum Gasteiger partial charge on any atom is -0.489 e. The van der Waals surface area contributed by atoms with Crippen molar-refractivity contribution >= 4 is 12.6 Å². The molecule has 4 rings (SSSR count). The number of rotatable bonds is 3. The van der Waals surface area contributed by atoms with Gasteiger partial charge in [-0.25, -0.2) is 0 Å². The molecule has 0 fully saturated rings. The van der Waals surface area contributed by atoms with Crippen LogP contribution in [0.3, 0.4) is 0 Å². The lowest BCUT2D eigenvalue weighted by atomic mass is 9.75. The number of fused-ring (bicyclic) bond motifs is 1. The first-order valence-electron chi connectivity index (χ1n) is 12.3. The van der Waals surface area contributed by atoms with E-state index >= 15 is 0 Å². The monoisotopic (exact) mass is 475 g/mol. The highest BCUT2D eigenvalue weighted by Crippen LogP contribution is 2.46. The predicted octanol–water partition coefficient (Wildman–Crippen LogP) is 7.48. The summed E-state index contributed by atoms with van der Waals surface area (Å²) in [5, 5.41) is 0. The van der Waals surface area contributed by atoms with Crippen molar-refractivity contribution in [3.8, 4) is 5.75 Å². The first-order valence-corrected chi connectivity index (χ1v) is 12.7. The molecular weight excluding hydrogens is 434 g/mol. The third kappa shape index (κ3) is 5.87. The van der Waals surface area contributed by atoms with Gasteiger partial charge in [0.1, 0.15) is 11.9 Å². The third-order valence-corrected chi connectivity index (χ3v) is 7.02. The Hall–Kier alpha value is -2.23. The molecule has 0 amide bonds. The second-order valence-corrected chi connectivity index (χ2v) is 11.7. The molecule has 0 aliphatic carbocycles. The number of benzene rings is 3. The maximum atomic E-state index is 6.95. The predicted molar refractivity (Wildman–Crippen MR) is 149 cm³/mol. The van der Waals surface area contributed by atoms with Gasteiger partial charge in [0.2, 0.25) is 0 Å². The molecule has 0 saturated heterocycles. The summed E-state index contributed by atoms with van der Waals surface area (Å²) in [6.07, 6.45) is 1.93. The van der Waals surface area contributed by atoms with Crippen molar-refractivity contribution in [2.45, 2.75) is 82.1 Å². The smallest absolute Gasteiger partial charge is 0.126 e. The minimum absolute atomic E-state index is 0.0108. The van der Waals surface area contributed by atoms with Gasteiger partial charge < -0.3 is 10.5 Å². The molecule has 0 radical (unpaired) electrons. The van der Waals surface area contributed by atoms with Crippen LogP contribution in [0.2, 0.25) is 0 Å². The Bertz CT molecular complexity index is 1090. The highest BCUT2D eigenvalue weighted by molar-refractivity contribution is 7.80. The van der Waals surface area contributed by atoms with E-state index in [9.17, 15) is 0 Å². The van der Waals surface area contributed by atoms with Crippen LogP contribution in [0.15, 0.2) is 71.6 Å². The summed E-state index contributed by atoms with van der Waals surface area (Å²) in [5.41, 5.74) is 11.2. The van der Waals surface area contributed by atoms with Gasteiger partial charge in [-0.15, -0.1) is 12.6 Å². The molecule has 0 aromatic heterocycles. The van der Waals surface area contributed by atoms with Crippen molar-refractivity contribution < 1.29 is 4.74 Å². The molecule has 1 unspecified atom stereocenters. The topological polar surface area (TPSA) is 35.2 Å². The molecule has 0 saturated carbocycles. The van der Waals surface area contributed by atoms with Crippen LogP contribution in [-0.4, -0.2) is 13.2 Å². The number of nitrogens with two attached hydrogens (primary N) is 1. The second-order valence-electron chi connectivity index (χ2n) is 11.2. The zero-order valence-electron chi connectivity index (χ0n) is 21.9. The average Bonchev–Trinajstić information content (AvgIpc) is 2.79. The lowest BCUT2D eigenvalue weighted by molar-refractivity contribution is 0.144. The Morgan fingerprint density at radius 1 is 0.853 bits per heavy atom. The summed E-state index contributed by atoms with van der Waals surface area (Å²) < 4.78 is 6.95. The third-order valence-electron chi connectivity index (χ3n) is 6.61. The van der Waals surface area contributed by atoms with Crippen LogP contribution in [0, 0.1) is 0 Å². The lowest BCUT2D eigenvalue weighted by Gasteiger charge is -2.39. The van der Waals surface area contributed by atoms with E-state index in [1.54, 1.807) is 0 Å². The van der Waals surface area contributed by atoms with Crippen molar-refractivity contribution in [3.05, 3.63) is 94.5 Å². The molecule has 2 atom stereocenters. The maximum Gasteiger partial charge on any atom is 0.126 e. The van der Waals surface area contributed by atoms with Crippen molar-refractivity contribution in [1.29, 1.82) is 0 Å². The molecule has 182 valence electrons. The molecule has 1 aliphatic heterocycles. The highest BCUT2D eigenvalue weighted by Gasteiger charge is 2.36.